The summed E-state index contributed by atoms with van der Waals surface area (Å²) in [6, 6.07) is 0. The van der Waals surface area contributed by atoms with Crippen molar-refractivity contribution in [2.75, 3.05) is 0 Å². The van der Waals surface area contributed by atoms with Crippen molar-refractivity contribution >= 4 is 23.7 Å². The molecule has 136 valence electrons. The standard InChI is InChI=1S/C19H35NOS.ClH/c1-6-7-8-9-10-11-12-15(4)19(20,21)18-16(5)17(13-22-18)14(2)3;/h13-15,21H,6-12,20H2,1-5H3;1H. The summed E-state index contributed by atoms with van der Waals surface area (Å²) in [7, 11) is 0. The van der Waals surface area contributed by atoms with Crippen molar-refractivity contribution in [2.45, 2.75) is 91.2 Å². The molecule has 0 spiro atoms. The molecule has 2 nitrogen and oxygen atoms in total. The number of aliphatic hydroxyl groups is 1. The van der Waals surface area contributed by atoms with E-state index in [0.717, 1.165) is 17.7 Å². The van der Waals surface area contributed by atoms with Crippen LogP contribution in [0.4, 0.5) is 0 Å². The lowest BCUT2D eigenvalue weighted by molar-refractivity contribution is -0.0126. The van der Waals surface area contributed by atoms with Crippen LogP contribution in [0.25, 0.3) is 0 Å². The first-order chi connectivity index (χ1) is 10.3. The number of halogens is 1. The number of hydrogen-bond donors (Lipinski definition) is 2. The van der Waals surface area contributed by atoms with Crippen LogP contribution in [0.15, 0.2) is 5.38 Å². The Morgan fingerprint density at radius 1 is 1.13 bits per heavy atom. The van der Waals surface area contributed by atoms with Gasteiger partial charge in [-0.15, -0.1) is 23.7 Å². The minimum Gasteiger partial charge on any atom is -0.371 e. The van der Waals surface area contributed by atoms with Gasteiger partial charge >= 0.3 is 0 Å². The Balaban J connectivity index is 0.00000484. The fraction of sp³-hybridized carbons (Fsp3) is 0.789. The second-order valence-electron chi connectivity index (χ2n) is 7.08. The molecule has 0 fully saturated rings. The molecule has 1 aromatic heterocycles. The first-order valence-corrected chi connectivity index (χ1v) is 9.80. The molecule has 1 aromatic rings. The first kappa shape index (κ1) is 22.9. The van der Waals surface area contributed by atoms with Crippen molar-refractivity contribution < 1.29 is 5.11 Å². The second-order valence-corrected chi connectivity index (χ2v) is 7.96. The Bertz CT molecular complexity index is 443. The molecule has 0 saturated carbocycles. The van der Waals surface area contributed by atoms with Gasteiger partial charge in [0.2, 0.25) is 0 Å². The Kier molecular flexibility index (Phi) is 10.7. The maximum atomic E-state index is 10.9. The maximum Gasteiger partial charge on any atom is 0.151 e. The Morgan fingerprint density at radius 2 is 1.70 bits per heavy atom. The van der Waals surface area contributed by atoms with Crippen molar-refractivity contribution in [1.82, 2.24) is 0 Å². The number of unbranched alkanes of at least 4 members (excludes halogenated alkanes) is 5. The molecule has 0 radical (unpaired) electrons. The summed E-state index contributed by atoms with van der Waals surface area (Å²) in [6.45, 7) is 10.8. The van der Waals surface area contributed by atoms with Gasteiger partial charge in [0, 0.05) is 5.92 Å². The number of nitrogens with two attached hydrogens (primary N) is 1. The Hall–Kier alpha value is -0.0900. The summed E-state index contributed by atoms with van der Waals surface area (Å²) in [5.41, 5.74) is 7.63. The predicted molar refractivity (Wildman–Crippen MR) is 106 cm³/mol. The summed E-state index contributed by atoms with van der Waals surface area (Å²) in [5, 5.41) is 13.0. The van der Waals surface area contributed by atoms with E-state index in [1.165, 1.54) is 43.2 Å². The predicted octanol–water partition coefficient (Wildman–Crippen LogP) is 6.09. The third kappa shape index (κ3) is 6.38. The third-order valence-corrected chi connectivity index (χ3v) is 6.05. The van der Waals surface area contributed by atoms with Crippen LogP contribution in [-0.2, 0) is 5.72 Å². The molecule has 0 aliphatic rings. The molecule has 0 aromatic carbocycles. The quantitative estimate of drug-likeness (QED) is 0.391. The number of rotatable bonds is 10. The maximum absolute atomic E-state index is 10.9. The van der Waals surface area contributed by atoms with E-state index in [9.17, 15) is 5.11 Å². The van der Waals surface area contributed by atoms with Gasteiger partial charge in [-0.25, -0.2) is 0 Å². The Morgan fingerprint density at radius 3 is 2.22 bits per heavy atom. The molecule has 23 heavy (non-hydrogen) atoms. The van der Waals surface area contributed by atoms with E-state index in [2.05, 4.69) is 40.0 Å². The highest BCUT2D eigenvalue weighted by Gasteiger charge is 2.34. The van der Waals surface area contributed by atoms with Crippen LogP contribution in [0.2, 0.25) is 0 Å². The van der Waals surface area contributed by atoms with Crippen molar-refractivity contribution in [1.29, 1.82) is 0 Å². The molecule has 0 saturated heterocycles. The van der Waals surface area contributed by atoms with E-state index in [1.54, 1.807) is 11.3 Å². The molecule has 1 rings (SSSR count). The van der Waals surface area contributed by atoms with E-state index >= 15 is 0 Å². The van der Waals surface area contributed by atoms with Gasteiger partial charge in [-0.3, -0.25) is 5.73 Å². The number of hydrogen-bond acceptors (Lipinski definition) is 3. The molecule has 0 amide bonds. The van der Waals surface area contributed by atoms with Crippen LogP contribution >= 0.6 is 23.7 Å². The summed E-state index contributed by atoms with van der Waals surface area (Å²) < 4.78 is 0. The number of thiophene rings is 1. The topological polar surface area (TPSA) is 46.2 Å². The van der Waals surface area contributed by atoms with Gasteiger partial charge in [-0.05, 0) is 35.8 Å². The van der Waals surface area contributed by atoms with Crippen LogP contribution in [-0.4, -0.2) is 5.11 Å². The van der Waals surface area contributed by atoms with Crippen LogP contribution in [0, 0.1) is 12.8 Å². The van der Waals surface area contributed by atoms with Gasteiger partial charge in [0.15, 0.2) is 5.72 Å². The SMILES string of the molecule is CCCCCCCCC(C)C(N)(O)c1scc(C(C)C)c1C.Cl. The van der Waals surface area contributed by atoms with Gasteiger partial charge in [0.25, 0.3) is 0 Å². The van der Waals surface area contributed by atoms with Crippen LogP contribution in [0.5, 0.6) is 0 Å². The zero-order valence-corrected chi connectivity index (χ0v) is 17.2. The second kappa shape index (κ2) is 10.7. The average molecular weight is 362 g/mol. The van der Waals surface area contributed by atoms with Gasteiger partial charge in [0.1, 0.15) is 0 Å². The molecule has 2 atom stereocenters. The molecule has 0 aliphatic carbocycles. The molecule has 0 aliphatic heterocycles. The normalized spacial score (nSPS) is 15.3. The minimum absolute atomic E-state index is 0. The lowest BCUT2D eigenvalue weighted by atomic mass is 9.88. The van der Waals surface area contributed by atoms with Gasteiger partial charge < -0.3 is 5.11 Å². The smallest absolute Gasteiger partial charge is 0.151 e. The lowest BCUT2D eigenvalue weighted by Gasteiger charge is -2.30. The zero-order valence-electron chi connectivity index (χ0n) is 15.5. The van der Waals surface area contributed by atoms with E-state index in [-0.39, 0.29) is 18.3 Å². The van der Waals surface area contributed by atoms with Crippen molar-refractivity contribution in [3.63, 3.8) is 0 Å². The molecular formula is C19H36ClNOS. The summed E-state index contributed by atoms with van der Waals surface area (Å²) >= 11 is 1.62. The highest BCUT2D eigenvalue weighted by atomic mass is 35.5. The van der Waals surface area contributed by atoms with E-state index in [4.69, 9.17) is 5.73 Å². The zero-order chi connectivity index (χ0) is 16.8. The monoisotopic (exact) mass is 361 g/mol. The van der Waals surface area contributed by atoms with Gasteiger partial charge in [-0.2, -0.15) is 0 Å². The summed E-state index contributed by atoms with van der Waals surface area (Å²) in [6.07, 6.45) is 8.66. The van der Waals surface area contributed by atoms with Crippen molar-refractivity contribution in [3.05, 3.63) is 21.4 Å². The van der Waals surface area contributed by atoms with E-state index in [0.29, 0.717) is 5.92 Å². The first-order valence-electron chi connectivity index (χ1n) is 8.92. The molecule has 0 bridgehead atoms. The summed E-state index contributed by atoms with van der Waals surface area (Å²) in [4.78, 5) is 0.953. The molecule has 1 heterocycles. The van der Waals surface area contributed by atoms with E-state index < -0.39 is 5.72 Å². The van der Waals surface area contributed by atoms with Crippen molar-refractivity contribution in [2.24, 2.45) is 11.7 Å². The fourth-order valence-electron chi connectivity index (χ4n) is 3.07. The van der Waals surface area contributed by atoms with E-state index in [1.807, 2.05) is 0 Å². The Labute approximate surface area is 153 Å². The van der Waals surface area contributed by atoms with Gasteiger partial charge in [0.05, 0.1) is 4.88 Å². The van der Waals surface area contributed by atoms with Crippen LogP contribution < -0.4 is 5.73 Å². The third-order valence-electron chi connectivity index (χ3n) is 4.81. The fourth-order valence-corrected chi connectivity index (χ4v) is 4.45. The van der Waals surface area contributed by atoms with Gasteiger partial charge in [-0.1, -0.05) is 66.2 Å². The minimum atomic E-state index is -1.19. The molecule has 4 heteroatoms. The molecule has 3 N–H and O–H groups in total. The highest BCUT2D eigenvalue weighted by Crippen LogP contribution is 2.37. The van der Waals surface area contributed by atoms with Crippen molar-refractivity contribution in [3.8, 4) is 0 Å². The molecule has 2 unspecified atom stereocenters. The largest absolute Gasteiger partial charge is 0.371 e. The molecular weight excluding hydrogens is 326 g/mol. The summed E-state index contributed by atoms with van der Waals surface area (Å²) in [5.74, 6) is 0.575. The highest BCUT2D eigenvalue weighted by molar-refractivity contribution is 7.10. The lowest BCUT2D eigenvalue weighted by Crippen LogP contribution is -2.42. The average Bonchev–Trinajstić information content (AvgIpc) is 2.84. The van der Waals surface area contributed by atoms with Crippen LogP contribution in [0.1, 0.15) is 94.6 Å². The van der Waals surface area contributed by atoms with Crippen LogP contribution in [0.3, 0.4) is 0 Å².